The summed E-state index contributed by atoms with van der Waals surface area (Å²) in [6.45, 7) is -15.0. The molecule has 64 heteroatoms. The average Bonchev–Trinajstić information content (AvgIpc) is 1.47. The normalized spacial score (nSPS) is 32.8. The van der Waals surface area contributed by atoms with Crippen LogP contribution >= 0.6 is 0 Å². The number of hydrogen-bond donors (Lipinski definition) is 0. The molecule has 0 aromatic heterocycles. The molecule has 5 saturated heterocycles. The van der Waals surface area contributed by atoms with Crippen LogP contribution in [-0.4, -0.2) is 229 Å². The van der Waals surface area contributed by atoms with Crippen molar-refractivity contribution in [2.24, 2.45) is 0 Å². The van der Waals surface area contributed by atoms with Crippen molar-refractivity contribution in [1.29, 1.82) is 0 Å². The summed E-state index contributed by atoms with van der Waals surface area (Å²) in [4.78, 5) is 0. The van der Waals surface area contributed by atoms with Gasteiger partial charge in [-0.05, 0) is 0 Å². The van der Waals surface area contributed by atoms with Crippen LogP contribution < -0.4 is 0 Å². The van der Waals surface area contributed by atoms with Gasteiger partial charge in [-0.3, -0.25) is 50.4 Å². The first-order valence-corrected chi connectivity index (χ1v) is 24.5. The molecule has 5 rings (SSSR count). The molecule has 0 aliphatic carbocycles. The molecule has 5 heterocycles. The van der Waals surface area contributed by atoms with Crippen molar-refractivity contribution >= 4 is 0 Å². The van der Waals surface area contributed by atoms with Crippen LogP contribution in [0.2, 0.25) is 0 Å². The highest BCUT2D eigenvalue weighted by molar-refractivity contribution is 5.19. The molecule has 0 radical (unpaired) electrons. The van der Waals surface area contributed by atoms with E-state index in [1.54, 1.807) is 0 Å². The largest absolute Gasteiger partial charge is 0.453 e. The predicted octanol–water partition coefficient (Wildman–Crippen LogP) is 21.2. The summed E-state index contributed by atoms with van der Waals surface area (Å²) in [5.41, 5.74) is -6.02. The summed E-state index contributed by atoms with van der Waals surface area (Å²) in [5, 5.41) is 0. The van der Waals surface area contributed by atoms with E-state index in [1.165, 1.54) is 0 Å². The molecule has 0 bridgehead atoms. The number of hydrogen-bond acceptors (Lipinski definition) is 8. The Kier molecular flexibility index (Phi) is 34.4. The first-order valence-electron chi connectivity index (χ1n) is 24.5. The van der Waals surface area contributed by atoms with Crippen molar-refractivity contribution in [3.05, 3.63) is 0 Å². The summed E-state index contributed by atoms with van der Waals surface area (Å²) in [6.07, 6.45) is -53.3. The Hall–Kier alpha value is -4.24. The molecule has 0 spiro atoms. The van der Waals surface area contributed by atoms with E-state index < -0.39 is 234 Å². The van der Waals surface area contributed by atoms with Gasteiger partial charge in [-0.15, -0.1) is 0 Å². The Morgan fingerprint density at radius 3 is 0.776 bits per heavy atom. The van der Waals surface area contributed by atoms with Crippen molar-refractivity contribution in [3.8, 4) is 0 Å². The monoisotopic (exact) mass is 1750 g/mol. The Morgan fingerprint density at radius 2 is 0.486 bits per heavy atom. The third kappa shape index (κ3) is 19.4. The average molecular weight is 1750 g/mol. The second kappa shape index (κ2) is 33.1. The third-order valence-electron chi connectivity index (χ3n) is 12.1. The zero-order valence-corrected chi connectivity index (χ0v) is 52.0. The molecule has 7 atom stereocenters. The SMILES string of the molecule is CC(F)(F)C1(F)OC(C(F)(F)F)(C(F)(F)F)OCC1(F)F.CC(F)(F)C1(F)OC(F)(F)C(F)(F)C(F)(F)C1(F)CF.CC(F)(F)C1(F)OC(F)(F)C(F)(F)C(F)(F)CC1(F)F.CC(F)(F)C1(F)OC(F)(F)C(F)(F)OC1(F)CF.CC(F)(F)C1(F)OC(F)(F)C(F)(F)OCC1(F)F.CF.CF.CF.CF.CF. The van der Waals surface area contributed by atoms with Crippen LogP contribution in [0.4, 0.5) is 246 Å². The van der Waals surface area contributed by atoms with Crippen LogP contribution in [0.5, 0.6) is 0 Å². The quantitative estimate of drug-likeness (QED) is 0.234. The van der Waals surface area contributed by atoms with Crippen LogP contribution in [0.1, 0.15) is 41.0 Å². The summed E-state index contributed by atoms with van der Waals surface area (Å²) < 4.78 is 720. The Labute approximate surface area is 554 Å². The maximum atomic E-state index is 13.6. The lowest BCUT2D eigenvalue weighted by Crippen LogP contribution is -2.81. The zero-order valence-electron chi connectivity index (χ0n) is 52.0. The van der Waals surface area contributed by atoms with E-state index in [2.05, 4.69) is 37.9 Å². The number of rotatable bonds is 7. The van der Waals surface area contributed by atoms with Crippen LogP contribution in [0, 0.1) is 0 Å². The van der Waals surface area contributed by atoms with Gasteiger partial charge in [0.25, 0.3) is 5.67 Å². The highest BCUT2D eigenvalue weighted by atomic mass is 19.4. The highest BCUT2D eigenvalue weighted by Gasteiger charge is 2.95. The van der Waals surface area contributed by atoms with Crippen LogP contribution in [0.15, 0.2) is 0 Å². The van der Waals surface area contributed by atoms with Gasteiger partial charge in [-0.2, -0.15) is 158 Å². The number of ether oxygens (including phenoxy) is 8. The molecule has 652 valence electrons. The van der Waals surface area contributed by atoms with Crippen molar-refractivity contribution in [1.82, 2.24) is 0 Å². The van der Waals surface area contributed by atoms with E-state index >= 15 is 0 Å². The second-order valence-electron chi connectivity index (χ2n) is 19.8. The standard InChI is InChI=1S/C8H5F11O2.2C8H5F11O.2C7H5F9O2.5CH3F/c1-3(9,10)5(13)4(11,12)2-20-6(21-5,7(14,15)16)8(17,18)19;1-3(10,11)7(17)4(12,2-9)5(13,14)6(15,16)8(18,19)20-7;1-3(9,10)7(17)5(13,14)2-4(11,12)6(15,16)8(18,19)20-7;1-3(8,9)5(12)4(10,11)2-17-6(13,14)7(15,16)18-5;1-3(9,10)5(12)4(11,2-8)17-6(13,14)7(15,16)18-5;5*1-2/h2H2,1H3;2*2H2,1H3;2*2H2,1H3;5*1H3. The summed E-state index contributed by atoms with van der Waals surface area (Å²) >= 11 is 0. The molecule has 0 aromatic carbocycles. The third-order valence-corrected chi connectivity index (χ3v) is 12.1. The fourth-order valence-electron chi connectivity index (χ4n) is 6.69. The van der Waals surface area contributed by atoms with Crippen molar-refractivity contribution in [2.75, 3.05) is 62.5 Å². The summed E-state index contributed by atoms with van der Waals surface area (Å²) in [6, 6.07) is 0. The lowest BCUT2D eigenvalue weighted by molar-refractivity contribution is -0.584. The van der Waals surface area contributed by atoms with E-state index in [4.69, 9.17) is 0 Å². The van der Waals surface area contributed by atoms with Gasteiger partial charge in [-0.1, -0.05) is 0 Å². The minimum Gasteiger partial charge on any atom is -0.329 e. The van der Waals surface area contributed by atoms with Crippen molar-refractivity contribution < 1.29 is 284 Å². The van der Waals surface area contributed by atoms with Gasteiger partial charge < -0.3 is 9.47 Å². The molecule has 5 aliphatic heterocycles. The van der Waals surface area contributed by atoms with Gasteiger partial charge >= 0.3 is 161 Å². The molecule has 8 nitrogen and oxygen atoms in total. The minimum atomic E-state index is -6.80. The molecule has 0 N–H and O–H groups in total. The topological polar surface area (TPSA) is 73.8 Å². The molecule has 7 unspecified atom stereocenters. The van der Waals surface area contributed by atoms with Crippen LogP contribution in [0.25, 0.3) is 0 Å². The smallest absolute Gasteiger partial charge is 0.329 e. The van der Waals surface area contributed by atoms with Gasteiger partial charge in [0.2, 0.25) is 0 Å². The molecule has 5 fully saturated rings. The fourth-order valence-corrected chi connectivity index (χ4v) is 6.69. The van der Waals surface area contributed by atoms with Gasteiger partial charge in [-0.25, -0.2) is 65.9 Å². The van der Waals surface area contributed by atoms with Gasteiger partial charge in [0.05, 0.1) is 42.3 Å². The molecule has 0 amide bonds. The van der Waals surface area contributed by atoms with Crippen molar-refractivity contribution in [3.63, 3.8) is 0 Å². The highest BCUT2D eigenvalue weighted by Crippen LogP contribution is 2.67. The molecule has 107 heavy (non-hydrogen) atoms. The fraction of sp³-hybridized carbons (Fsp3) is 1.00. The Balaban J connectivity index is -0.000000393. The van der Waals surface area contributed by atoms with E-state index in [9.17, 15) is 246 Å². The van der Waals surface area contributed by atoms with Crippen LogP contribution in [-0.2, 0) is 37.9 Å². The molecule has 5 aliphatic rings. The molecule has 0 aromatic rings. The second-order valence-corrected chi connectivity index (χ2v) is 19.8. The van der Waals surface area contributed by atoms with E-state index in [0.29, 0.717) is 35.9 Å². The molecule has 0 saturated carbocycles. The van der Waals surface area contributed by atoms with E-state index in [0.717, 1.165) is 0 Å². The van der Waals surface area contributed by atoms with E-state index in [-0.39, 0.29) is 0 Å². The lowest BCUT2D eigenvalue weighted by Gasteiger charge is -2.52. The maximum absolute atomic E-state index is 13.6. The number of halogens is 56. The van der Waals surface area contributed by atoms with E-state index in [1.807, 2.05) is 0 Å². The zero-order chi connectivity index (χ0) is 89.2. The lowest BCUT2D eigenvalue weighted by atomic mass is 9.80. The van der Waals surface area contributed by atoms with Crippen molar-refractivity contribution in [2.45, 2.75) is 208 Å². The van der Waals surface area contributed by atoms with Gasteiger partial charge in [0.1, 0.15) is 19.9 Å². The predicted molar refractivity (Wildman–Crippen MR) is 229 cm³/mol. The summed E-state index contributed by atoms with van der Waals surface area (Å²) in [7, 11) is 2.50. The van der Waals surface area contributed by atoms with Crippen LogP contribution in [0.3, 0.4) is 0 Å². The Bertz CT molecular complexity index is 2700. The minimum absolute atomic E-state index is 0.458. The Morgan fingerprint density at radius 1 is 0.243 bits per heavy atom. The number of alkyl halides is 56. The molecular weight excluding hydrogens is 1710 g/mol. The van der Waals surface area contributed by atoms with Gasteiger partial charge in [0, 0.05) is 34.6 Å². The molecular formula is C43H40F56O8. The summed E-state index contributed by atoms with van der Waals surface area (Å²) in [5.74, 6) is -110. The maximum Gasteiger partial charge on any atom is 0.453 e. The first-order chi connectivity index (χ1) is 46.2. The first kappa shape index (κ1) is 111. The van der Waals surface area contributed by atoms with Gasteiger partial charge in [0.15, 0.2) is 6.67 Å².